The summed E-state index contributed by atoms with van der Waals surface area (Å²) in [6, 6.07) is 3.17. The quantitative estimate of drug-likeness (QED) is 0.848. The third-order valence-corrected chi connectivity index (χ3v) is 2.06. The molecular weight excluding hydrogens is 209 g/mol. The standard InChI is InChI=1S/C10H13F3O2/c1-2-7-3-4-9(15-7)8(14)5-6-10(11,12)13/h3-4,8,14H,2,5-6H2,1H3. The van der Waals surface area contributed by atoms with E-state index in [0.29, 0.717) is 12.2 Å². The van der Waals surface area contributed by atoms with E-state index in [2.05, 4.69) is 0 Å². The zero-order valence-corrected chi connectivity index (χ0v) is 8.34. The fraction of sp³-hybridized carbons (Fsp3) is 0.600. The molecular formula is C10H13F3O2. The number of hydrogen-bond donors (Lipinski definition) is 1. The number of hydrogen-bond acceptors (Lipinski definition) is 2. The number of rotatable bonds is 4. The number of aliphatic hydroxyl groups is 1. The van der Waals surface area contributed by atoms with Crippen LogP contribution < -0.4 is 0 Å². The summed E-state index contributed by atoms with van der Waals surface area (Å²) >= 11 is 0. The molecule has 1 rings (SSSR count). The van der Waals surface area contributed by atoms with Gasteiger partial charge >= 0.3 is 6.18 Å². The Hall–Kier alpha value is -0.970. The van der Waals surface area contributed by atoms with Crippen molar-refractivity contribution in [3.63, 3.8) is 0 Å². The summed E-state index contributed by atoms with van der Waals surface area (Å²) in [7, 11) is 0. The lowest BCUT2D eigenvalue weighted by atomic mass is 10.1. The minimum atomic E-state index is -4.23. The van der Waals surface area contributed by atoms with Crippen LogP contribution in [-0.4, -0.2) is 11.3 Å². The molecule has 1 unspecified atom stereocenters. The number of halogens is 3. The van der Waals surface area contributed by atoms with Crippen molar-refractivity contribution in [1.29, 1.82) is 0 Å². The van der Waals surface area contributed by atoms with Crippen molar-refractivity contribution in [3.8, 4) is 0 Å². The van der Waals surface area contributed by atoms with Crippen LogP contribution in [0, 0.1) is 0 Å². The normalized spacial score (nSPS) is 14.2. The summed E-state index contributed by atoms with van der Waals surface area (Å²) in [5.41, 5.74) is 0. The molecule has 15 heavy (non-hydrogen) atoms. The van der Waals surface area contributed by atoms with Gasteiger partial charge in [0, 0.05) is 12.8 Å². The molecule has 0 aliphatic carbocycles. The van der Waals surface area contributed by atoms with Crippen LogP contribution >= 0.6 is 0 Å². The van der Waals surface area contributed by atoms with E-state index >= 15 is 0 Å². The van der Waals surface area contributed by atoms with Gasteiger partial charge in [0.2, 0.25) is 0 Å². The first-order chi connectivity index (χ1) is 6.92. The van der Waals surface area contributed by atoms with E-state index in [4.69, 9.17) is 4.42 Å². The summed E-state index contributed by atoms with van der Waals surface area (Å²) < 4.78 is 40.7. The smallest absolute Gasteiger partial charge is 0.389 e. The number of alkyl halides is 3. The zero-order chi connectivity index (χ0) is 11.5. The summed E-state index contributed by atoms with van der Waals surface area (Å²) in [6.07, 6.45) is -6.11. The van der Waals surface area contributed by atoms with E-state index in [1.807, 2.05) is 6.92 Å². The van der Waals surface area contributed by atoms with E-state index in [-0.39, 0.29) is 12.2 Å². The molecule has 1 heterocycles. The largest absolute Gasteiger partial charge is 0.463 e. The van der Waals surface area contributed by atoms with Crippen LogP contribution in [0.25, 0.3) is 0 Å². The summed E-state index contributed by atoms with van der Waals surface area (Å²) in [4.78, 5) is 0. The van der Waals surface area contributed by atoms with Crippen molar-refractivity contribution in [2.45, 2.75) is 38.5 Å². The first-order valence-corrected chi connectivity index (χ1v) is 4.76. The Morgan fingerprint density at radius 3 is 2.53 bits per heavy atom. The highest BCUT2D eigenvalue weighted by Crippen LogP contribution is 2.28. The van der Waals surface area contributed by atoms with Crippen molar-refractivity contribution in [1.82, 2.24) is 0 Å². The van der Waals surface area contributed by atoms with Crippen LogP contribution in [0.3, 0.4) is 0 Å². The highest BCUT2D eigenvalue weighted by Gasteiger charge is 2.28. The van der Waals surface area contributed by atoms with E-state index in [9.17, 15) is 18.3 Å². The van der Waals surface area contributed by atoms with Crippen LogP contribution in [-0.2, 0) is 6.42 Å². The van der Waals surface area contributed by atoms with Gasteiger partial charge in [0.1, 0.15) is 17.6 Å². The van der Waals surface area contributed by atoms with Crippen molar-refractivity contribution in [2.75, 3.05) is 0 Å². The van der Waals surface area contributed by atoms with Gasteiger partial charge < -0.3 is 9.52 Å². The van der Waals surface area contributed by atoms with Crippen LogP contribution in [0.15, 0.2) is 16.5 Å². The van der Waals surface area contributed by atoms with Gasteiger partial charge in [0.25, 0.3) is 0 Å². The van der Waals surface area contributed by atoms with Crippen LogP contribution in [0.5, 0.6) is 0 Å². The molecule has 0 aromatic carbocycles. The van der Waals surface area contributed by atoms with Crippen LogP contribution in [0.2, 0.25) is 0 Å². The van der Waals surface area contributed by atoms with Crippen molar-refractivity contribution < 1.29 is 22.7 Å². The Labute approximate surface area is 85.7 Å². The Kier molecular flexibility index (Phi) is 3.79. The Bertz CT molecular complexity index is 304. The van der Waals surface area contributed by atoms with Gasteiger partial charge in [-0.2, -0.15) is 13.2 Å². The second-order valence-electron chi connectivity index (χ2n) is 3.33. The predicted octanol–water partition coefficient (Wildman–Crippen LogP) is 3.22. The third kappa shape index (κ3) is 3.95. The van der Waals surface area contributed by atoms with Gasteiger partial charge in [0.15, 0.2) is 0 Å². The summed E-state index contributed by atoms with van der Waals surface area (Å²) in [5, 5.41) is 9.40. The van der Waals surface area contributed by atoms with E-state index in [1.165, 1.54) is 6.07 Å². The average molecular weight is 222 g/mol. The maximum absolute atomic E-state index is 11.9. The van der Waals surface area contributed by atoms with Crippen molar-refractivity contribution >= 4 is 0 Å². The number of aryl methyl sites for hydroxylation is 1. The third-order valence-electron chi connectivity index (χ3n) is 2.06. The second-order valence-corrected chi connectivity index (χ2v) is 3.33. The lowest BCUT2D eigenvalue weighted by molar-refractivity contribution is -0.140. The first kappa shape index (κ1) is 12.1. The molecule has 0 bridgehead atoms. The second kappa shape index (κ2) is 4.70. The molecule has 0 spiro atoms. The first-order valence-electron chi connectivity index (χ1n) is 4.76. The van der Waals surface area contributed by atoms with E-state index in [0.717, 1.165) is 0 Å². The molecule has 0 radical (unpaired) electrons. The molecule has 86 valence electrons. The molecule has 0 saturated heterocycles. The average Bonchev–Trinajstić information content (AvgIpc) is 2.61. The molecule has 0 fully saturated rings. The topological polar surface area (TPSA) is 33.4 Å². The number of furan rings is 1. The van der Waals surface area contributed by atoms with Crippen molar-refractivity contribution in [3.05, 3.63) is 23.7 Å². The van der Waals surface area contributed by atoms with E-state index < -0.39 is 18.7 Å². The Balaban J connectivity index is 2.50. The maximum Gasteiger partial charge on any atom is 0.389 e. The predicted molar refractivity (Wildman–Crippen MR) is 48.3 cm³/mol. The minimum Gasteiger partial charge on any atom is -0.463 e. The molecule has 0 saturated carbocycles. The van der Waals surface area contributed by atoms with Crippen LogP contribution in [0.4, 0.5) is 13.2 Å². The van der Waals surface area contributed by atoms with Crippen molar-refractivity contribution in [2.24, 2.45) is 0 Å². The molecule has 0 amide bonds. The highest BCUT2D eigenvalue weighted by molar-refractivity contribution is 5.09. The molecule has 1 aromatic heterocycles. The summed E-state index contributed by atoms with van der Waals surface area (Å²) in [6.45, 7) is 1.87. The van der Waals surface area contributed by atoms with Crippen LogP contribution in [0.1, 0.15) is 37.4 Å². The molecule has 1 N–H and O–H groups in total. The summed E-state index contributed by atoms with van der Waals surface area (Å²) in [5.74, 6) is 0.868. The molecule has 0 aliphatic heterocycles. The Morgan fingerprint density at radius 1 is 1.40 bits per heavy atom. The van der Waals surface area contributed by atoms with E-state index in [1.54, 1.807) is 6.07 Å². The van der Waals surface area contributed by atoms with Gasteiger partial charge in [-0.05, 0) is 18.6 Å². The zero-order valence-electron chi connectivity index (χ0n) is 8.34. The van der Waals surface area contributed by atoms with Gasteiger partial charge in [-0.25, -0.2) is 0 Å². The van der Waals surface area contributed by atoms with Gasteiger partial charge in [-0.1, -0.05) is 6.92 Å². The lowest BCUT2D eigenvalue weighted by Gasteiger charge is -2.09. The Morgan fingerprint density at radius 2 is 2.07 bits per heavy atom. The fourth-order valence-corrected chi connectivity index (χ4v) is 1.21. The SMILES string of the molecule is CCc1ccc(C(O)CCC(F)(F)F)o1. The molecule has 1 atom stereocenters. The molecule has 5 heteroatoms. The number of aliphatic hydroxyl groups excluding tert-OH is 1. The van der Waals surface area contributed by atoms with Gasteiger partial charge in [-0.15, -0.1) is 0 Å². The molecule has 0 aliphatic rings. The monoisotopic (exact) mass is 222 g/mol. The van der Waals surface area contributed by atoms with Gasteiger partial charge in [0.05, 0.1) is 0 Å². The molecule has 1 aromatic rings. The molecule has 2 nitrogen and oxygen atoms in total. The maximum atomic E-state index is 11.9. The lowest BCUT2D eigenvalue weighted by Crippen LogP contribution is -2.09. The van der Waals surface area contributed by atoms with Gasteiger partial charge in [-0.3, -0.25) is 0 Å². The fourth-order valence-electron chi connectivity index (χ4n) is 1.21. The minimum absolute atomic E-state index is 0.205. The highest BCUT2D eigenvalue weighted by atomic mass is 19.4.